The van der Waals surface area contributed by atoms with Gasteiger partial charge in [0.2, 0.25) is 0 Å². The zero-order valence-electron chi connectivity index (χ0n) is 10.9. The van der Waals surface area contributed by atoms with Gasteiger partial charge < -0.3 is 9.47 Å². The van der Waals surface area contributed by atoms with Gasteiger partial charge in [0.1, 0.15) is 11.5 Å². The highest BCUT2D eigenvalue weighted by molar-refractivity contribution is 6.32. The van der Waals surface area contributed by atoms with Crippen molar-refractivity contribution in [2.75, 3.05) is 14.2 Å². The van der Waals surface area contributed by atoms with Crippen LogP contribution in [0, 0.1) is 0 Å². The summed E-state index contributed by atoms with van der Waals surface area (Å²) in [5.74, 6) is 1.99. The number of hydrogen-bond acceptors (Lipinski definition) is 5. The van der Waals surface area contributed by atoms with Gasteiger partial charge in [0.05, 0.1) is 19.8 Å². The van der Waals surface area contributed by atoms with Crippen LogP contribution in [0.2, 0.25) is 5.15 Å². The van der Waals surface area contributed by atoms with Crippen LogP contribution in [0.4, 0.5) is 0 Å². The third-order valence-corrected chi connectivity index (χ3v) is 3.20. The Morgan fingerprint density at radius 2 is 2.00 bits per heavy atom. The van der Waals surface area contributed by atoms with E-state index in [2.05, 4.69) is 15.2 Å². The van der Waals surface area contributed by atoms with Crippen molar-refractivity contribution >= 4 is 17.2 Å². The Morgan fingerprint density at radius 3 is 2.75 bits per heavy atom. The lowest BCUT2D eigenvalue weighted by molar-refractivity contribution is 0.404. The van der Waals surface area contributed by atoms with E-state index in [1.807, 2.05) is 18.2 Å². The first-order chi connectivity index (χ1) is 9.74. The van der Waals surface area contributed by atoms with Gasteiger partial charge in [-0.1, -0.05) is 11.6 Å². The third kappa shape index (κ3) is 1.94. The van der Waals surface area contributed by atoms with E-state index in [9.17, 15) is 0 Å². The van der Waals surface area contributed by atoms with Crippen LogP contribution in [0.5, 0.6) is 11.5 Å². The van der Waals surface area contributed by atoms with Crippen LogP contribution in [0.15, 0.2) is 30.6 Å². The summed E-state index contributed by atoms with van der Waals surface area (Å²) in [5, 5.41) is 8.51. The van der Waals surface area contributed by atoms with E-state index in [1.165, 1.54) is 0 Å². The van der Waals surface area contributed by atoms with E-state index in [0.717, 1.165) is 5.56 Å². The highest BCUT2D eigenvalue weighted by atomic mass is 35.5. The number of benzene rings is 1. The molecule has 3 rings (SSSR count). The molecule has 102 valence electrons. The fraction of sp³-hybridized carbons (Fsp3) is 0.154. The molecule has 0 unspecified atom stereocenters. The number of ether oxygens (including phenoxy) is 2. The van der Waals surface area contributed by atoms with Crippen molar-refractivity contribution in [1.82, 2.24) is 19.6 Å². The molecule has 0 amide bonds. The van der Waals surface area contributed by atoms with Crippen LogP contribution in [0.3, 0.4) is 0 Å². The van der Waals surface area contributed by atoms with Crippen molar-refractivity contribution in [2.45, 2.75) is 0 Å². The second kappa shape index (κ2) is 4.97. The summed E-state index contributed by atoms with van der Waals surface area (Å²) in [5.41, 5.74) is 1.26. The third-order valence-electron chi connectivity index (χ3n) is 2.93. The molecule has 0 saturated carbocycles. The zero-order chi connectivity index (χ0) is 14.1. The molecule has 2 aromatic heterocycles. The lowest BCUT2D eigenvalue weighted by Gasteiger charge is -2.09. The number of halogens is 1. The Balaban J connectivity index is 2.27. The maximum atomic E-state index is 6.00. The van der Waals surface area contributed by atoms with Gasteiger partial charge in [0.15, 0.2) is 16.6 Å². The Morgan fingerprint density at radius 1 is 1.15 bits per heavy atom. The van der Waals surface area contributed by atoms with Gasteiger partial charge in [-0.2, -0.15) is 0 Å². The molecule has 0 N–H and O–H groups in total. The minimum atomic E-state index is 0.299. The molecule has 20 heavy (non-hydrogen) atoms. The average molecular weight is 291 g/mol. The molecular weight excluding hydrogens is 280 g/mol. The summed E-state index contributed by atoms with van der Waals surface area (Å²) in [6.07, 6.45) is 3.34. The van der Waals surface area contributed by atoms with E-state index < -0.39 is 0 Å². The Bertz CT molecular complexity index is 772. The van der Waals surface area contributed by atoms with Crippen LogP contribution < -0.4 is 9.47 Å². The van der Waals surface area contributed by atoms with E-state index in [0.29, 0.717) is 28.1 Å². The maximum Gasteiger partial charge on any atom is 0.198 e. The molecule has 0 fully saturated rings. The zero-order valence-corrected chi connectivity index (χ0v) is 11.6. The molecule has 0 aliphatic heterocycles. The van der Waals surface area contributed by atoms with E-state index >= 15 is 0 Å². The summed E-state index contributed by atoms with van der Waals surface area (Å²) in [4.78, 5) is 3.98. The first-order valence-corrected chi connectivity index (χ1v) is 6.20. The van der Waals surface area contributed by atoms with Gasteiger partial charge >= 0.3 is 0 Å². The monoisotopic (exact) mass is 290 g/mol. The van der Waals surface area contributed by atoms with Crippen molar-refractivity contribution in [2.24, 2.45) is 0 Å². The van der Waals surface area contributed by atoms with Crippen molar-refractivity contribution in [3.63, 3.8) is 0 Å². The SMILES string of the molecule is COc1ccc(OC)c(-c2nnc3c(Cl)nccn23)c1. The second-order valence-corrected chi connectivity index (χ2v) is 4.36. The Hall–Kier alpha value is -2.34. The van der Waals surface area contributed by atoms with Crippen LogP contribution >= 0.6 is 11.6 Å². The molecule has 0 aliphatic rings. The molecule has 2 heterocycles. The Kier molecular flexibility index (Phi) is 3.15. The fourth-order valence-corrected chi connectivity index (χ4v) is 2.15. The van der Waals surface area contributed by atoms with E-state index in [1.54, 1.807) is 31.0 Å². The molecule has 0 bridgehead atoms. The fourth-order valence-electron chi connectivity index (χ4n) is 1.97. The maximum absolute atomic E-state index is 6.00. The molecule has 6 nitrogen and oxygen atoms in total. The number of nitrogens with zero attached hydrogens (tertiary/aromatic N) is 4. The molecule has 0 spiro atoms. The average Bonchev–Trinajstić information content (AvgIpc) is 2.92. The normalized spacial score (nSPS) is 10.8. The quantitative estimate of drug-likeness (QED) is 0.741. The van der Waals surface area contributed by atoms with E-state index in [-0.39, 0.29) is 0 Å². The van der Waals surface area contributed by atoms with Crippen molar-refractivity contribution in [3.05, 3.63) is 35.7 Å². The van der Waals surface area contributed by atoms with Gasteiger partial charge in [-0.15, -0.1) is 10.2 Å². The summed E-state index contributed by atoms with van der Waals surface area (Å²) in [6.45, 7) is 0. The largest absolute Gasteiger partial charge is 0.497 e. The topological polar surface area (TPSA) is 61.5 Å². The summed E-state index contributed by atoms with van der Waals surface area (Å²) >= 11 is 6.00. The molecule has 0 atom stereocenters. The van der Waals surface area contributed by atoms with Crippen molar-refractivity contribution in [1.29, 1.82) is 0 Å². The summed E-state index contributed by atoms with van der Waals surface area (Å²) in [6, 6.07) is 5.47. The molecule has 3 aromatic rings. The van der Waals surface area contributed by atoms with Crippen molar-refractivity contribution in [3.8, 4) is 22.9 Å². The van der Waals surface area contributed by atoms with Gasteiger partial charge in [-0.3, -0.25) is 4.40 Å². The minimum absolute atomic E-state index is 0.299. The highest BCUT2D eigenvalue weighted by Gasteiger charge is 2.15. The second-order valence-electron chi connectivity index (χ2n) is 4.00. The first kappa shape index (κ1) is 12.7. The van der Waals surface area contributed by atoms with Crippen LogP contribution in [-0.2, 0) is 0 Å². The smallest absolute Gasteiger partial charge is 0.198 e. The Labute approximate surface area is 119 Å². The molecule has 1 aromatic carbocycles. The molecular formula is C13H11ClN4O2. The predicted octanol–water partition coefficient (Wildman–Crippen LogP) is 2.46. The van der Waals surface area contributed by atoms with E-state index in [4.69, 9.17) is 21.1 Å². The number of fused-ring (bicyclic) bond motifs is 1. The summed E-state index contributed by atoms with van der Waals surface area (Å²) < 4.78 is 12.4. The van der Waals surface area contributed by atoms with Crippen LogP contribution in [0.1, 0.15) is 0 Å². The predicted molar refractivity (Wildman–Crippen MR) is 74.3 cm³/mol. The number of hydrogen-bond donors (Lipinski definition) is 0. The van der Waals surface area contributed by atoms with Crippen LogP contribution in [-0.4, -0.2) is 33.8 Å². The van der Waals surface area contributed by atoms with Gasteiger partial charge in [-0.05, 0) is 18.2 Å². The molecule has 0 radical (unpaired) electrons. The van der Waals surface area contributed by atoms with Gasteiger partial charge in [-0.25, -0.2) is 4.98 Å². The first-order valence-electron chi connectivity index (χ1n) is 5.82. The molecule has 0 saturated heterocycles. The van der Waals surface area contributed by atoms with Crippen LogP contribution in [0.25, 0.3) is 17.0 Å². The summed E-state index contributed by atoms with van der Waals surface area (Å²) in [7, 11) is 3.21. The standard InChI is InChI=1S/C13H11ClN4O2/c1-19-8-3-4-10(20-2)9(7-8)12-16-17-13-11(14)15-5-6-18(12)13/h3-7H,1-2H3. The lowest BCUT2D eigenvalue weighted by Crippen LogP contribution is -1.95. The highest BCUT2D eigenvalue weighted by Crippen LogP contribution is 2.32. The number of aromatic nitrogens is 4. The van der Waals surface area contributed by atoms with Gasteiger partial charge in [0, 0.05) is 12.4 Å². The molecule has 7 heteroatoms. The lowest BCUT2D eigenvalue weighted by atomic mass is 10.1. The van der Waals surface area contributed by atoms with Gasteiger partial charge in [0.25, 0.3) is 0 Å². The minimum Gasteiger partial charge on any atom is -0.497 e. The molecule has 0 aliphatic carbocycles. The number of methoxy groups -OCH3 is 2. The number of rotatable bonds is 3. The van der Waals surface area contributed by atoms with Crippen molar-refractivity contribution < 1.29 is 9.47 Å².